The molecule has 0 N–H and O–H groups in total. The molecule has 1 aromatic carbocycles. The van der Waals surface area contributed by atoms with E-state index in [0.717, 1.165) is 43.1 Å². The lowest BCUT2D eigenvalue weighted by Gasteiger charge is -2.36. The molecule has 1 fully saturated rings. The smallest absolute Gasteiger partial charge is 0.154 e. The van der Waals surface area contributed by atoms with Crippen molar-refractivity contribution < 1.29 is 0 Å². The molecule has 6 heteroatoms. The molecule has 0 bridgehead atoms. The van der Waals surface area contributed by atoms with Gasteiger partial charge in [0.25, 0.3) is 0 Å². The summed E-state index contributed by atoms with van der Waals surface area (Å²) in [7, 11) is 0. The number of aromatic nitrogens is 3. The van der Waals surface area contributed by atoms with Crippen molar-refractivity contribution in [3.63, 3.8) is 0 Å². The van der Waals surface area contributed by atoms with Crippen LogP contribution in [0.25, 0.3) is 16.9 Å². The molecule has 0 spiro atoms. The summed E-state index contributed by atoms with van der Waals surface area (Å²) in [6.07, 6.45) is 3.08. The summed E-state index contributed by atoms with van der Waals surface area (Å²) < 4.78 is 1.81. The largest absolute Gasteiger partial charge is 0.369 e. The van der Waals surface area contributed by atoms with Gasteiger partial charge in [-0.25, -0.2) is 9.50 Å². The first-order valence-corrected chi connectivity index (χ1v) is 9.20. The molecule has 3 heterocycles. The Morgan fingerprint density at radius 3 is 2.72 bits per heavy atom. The van der Waals surface area contributed by atoms with Crippen LogP contribution in [0.4, 0.5) is 5.69 Å². The van der Waals surface area contributed by atoms with E-state index in [4.69, 9.17) is 11.6 Å². The van der Waals surface area contributed by atoms with Crippen LogP contribution in [0, 0.1) is 0 Å². The van der Waals surface area contributed by atoms with Gasteiger partial charge in [-0.3, -0.25) is 4.90 Å². The number of hydrogen-bond acceptors (Lipinski definition) is 4. The van der Waals surface area contributed by atoms with Crippen molar-refractivity contribution in [2.45, 2.75) is 13.3 Å². The van der Waals surface area contributed by atoms with Gasteiger partial charge < -0.3 is 4.90 Å². The summed E-state index contributed by atoms with van der Waals surface area (Å²) in [5.74, 6) is 0. The average Bonchev–Trinajstić information content (AvgIpc) is 3.06. The maximum Gasteiger partial charge on any atom is 0.154 e. The number of imidazole rings is 1. The second-order valence-electron chi connectivity index (χ2n) is 6.45. The minimum absolute atomic E-state index is 0.468. The fourth-order valence-electron chi connectivity index (χ4n) is 3.46. The van der Waals surface area contributed by atoms with Crippen LogP contribution in [0.1, 0.15) is 13.3 Å². The molecule has 1 aliphatic heterocycles. The summed E-state index contributed by atoms with van der Waals surface area (Å²) in [5.41, 5.74) is 4.13. The molecular formula is C19H22ClN5. The van der Waals surface area contributed by atoms with E-state index in [1.807, 2.05) is 12.3 Å². The molecule has 0 unspecified atom stereocenters. The highest BCUT2D eigenvalue weighted by Gasteiger charge is 2.17. The van der Waals surface area contributed by atoms with Gasteiger partial charge in [-0.2, -0.15) is 5.10 Å². The number of benzene rings is 1. The second-order valence-corrected chi connectivity index (χ2v) is 6.84. The molecule has 0 aliphatic carbocycles. The van der Waals surface area contributed by atoms with Gasteiger partial charge in [0.2, 0.25) is 0 Å². The molecule has 25 heavy (non-hydrogen) atoms. The summed E-state index contributed by atoms with van der Waals surface area (Å²) in [6.45, 7) is 7.84. The van der Waals surface area contributed by atoms with Crippen LogP contribution >= 0.6 is 11.6 Å². The van der Waals surface area contributed by atoms with Gasteiger partial charge >= 0.3 is 0 Å². The third-order valence-electron chi connectivity index (χ3n) is 4.75. The van der Waals surface area contributed by atoms with Crippen LogP contribution in [0.3, 0.4) is 0 Å². The first-order valence-electron chi connectivity index (χ1n) is 8.82. The van der Waals surface area contributed by atoms with E-state index >= 15 is 0 Å². The first-order chi connectivity index (χ1) is 12.2. The van der Waals surface area contributed by atoms with E-state index in [9.17, 15) is 0 Å². The molecule has 2 aromatic heterocycles. The Balaban J connectivity index is 1.60. The van der Waals surface area contributed by atoms with Crippen LogP contribution in [0.2, 0.25) is 5.15 Å². The van der Waals surface area contributed by atoms with Gasteiger partial charge in [0.05, 0.1) is 11.9 Å². The third kappa shape index (κ3) is 3.34. The number of hydrogen-bond donors (Lipinski definition) is 0. The van der Waals surface area contributed by atoms with Crippen molar-refractivity contribution in [3.8, 4) is 11.3 Å². The second kappa shape index (κ2) is 7.02. The molecule has 0 radical (unpaired) electrons. The van der Waals surface area contributed by atoms with Crippen molar-refractivity contribution in [1.29, 1.82) is 0 Å². The molecule has 1 saturated heterocycles. The van der Waals surface area contributed by atoms with Crippen molar-refractivity contribution in [2.24, 2.45) is 0 Å². The summed E-state index contributed by atoms with van der Waals surface area (Å²) in [6, 6.07) is 12.3. The standard InChI is InChI=1S/C19H22ClN5/c1-2-8-23-9-11-24(12-10-23)16-5-3-4-15(13-16)17-14-21-19-7-6-18(20)22-25(17)19/h3-7,13-14H,2,8-12H2,1H3. The fraction of sp³-hybridized carbons (Fsp3) is 0.368. The average molecular weight is 356 g/mol. The number of rotatable bonds is 4. The normalized spacial score (nSPS) is 15.8. The van der Waals surface area contributed by atoms with Crippen molar-refractivity contribution >= 4 is 22.9 Å². The van der Waals surface area contributed by atoms with E-state index in [1.54, 1.807) is 10.6 Å². The Morgan fingerprint density at radius 2 is 1.92 bits per heavy atom. The number of halogens is 1. The van der Waals surface area contributed by atoms with Crippen LogP contribution in [0.5, 0.6) is 0 Å². The highest BCUT2D eigenvalue weighted by atomic mass is 35.5. The van der Waals surface area contributed by atoms with Crippen molar-refractivity contribution in [3.05, 3.63) is 47.7 Å². The quantitative estimate of drug-likeness (QED) is 0.716. The first kappa shape index (κ1) is 16.4. The Labute approximate surface area is 152 Å². The molecular weight excluding hydrogens is 334 g/mol. The zero-order valence-corrected chi connectivity index (χ0v) is 15.2. The highest BCUT2D eigenvalue weighted by molar-refractivity contribution is 6.29. The number of nitrogens with zero attached hydrogens (tertiary/aromatic N) is 5. The zero-order valence-electron chi connectivity index (χ0n) is 14.4. The maximum atomic E-state index is 6.05. The molecule has 5 nitrogen and oxygen atoms in total. The van der Waals surface area contributed by atoms with Crippen LogP contribution < -0.4 is 4.90 Å². The van der Waals surface area contributed by atoms with E-state index in [-0.39, 0.29) is 0 Å². The summed E-state index contributed by atoms with van der Waals surface area (Å²) >= 11 is 6.05. The Bertz CT molecular complexity index is 867. The fourth-order valence-corrected chi connectivity index (χ4v) is 3.59. The molecule has 0 amide bonds. The van der Waals surface area contributed by atoms with Crippen molar-refractivity contribution in [1.82, 2.24) is 19.5 Å². The van der Waals surface area contributed by atoms with Gasteiger partial charge in [0.15, 0.2) is 5.65 Å². The van der Waals surface area contributed by atoms with Crippen LogP contribution in [-0.4, -0.2) is 52.2 Å². The minimum Gasteiger partial charge on any atom is -0.369 e. The van der Waals surface area contributed by atoms with Gasteiger partial charge in [0.1, 0.15) is 5.15 Å². The molecule has 1 aliphatic rings. The Hall–Kier alpha value is -2.11. The minimum atomic E-state index is 0.468. The third-order valence-corrected chi connectivity index (χ3v) is 4.95. The summed E-state index contributed by atoms with van der Waals surface area (Å²) in [5, 5.41) is 4.85. The van der Waals surface area contributed by atoms with Crippen LogP contribution in [-0.2, 0) is 0 Å². The predicted octanol–water partition coefficient (Wildman–Crippen LogP) is 3.58. The van der Waals surface area contributed by atoms with Crippen LogP contribution in [0.15, 0.2) is 42.6 Å². The van der Waals surface area contributed by atoms with Gasteiger partial charge in [-0.05, 0) is 37.2 Å². The Kier molecular flexibility index (Phi) is 4.59. The van der Waals surface area contributed by atoms with E-state index < -0.39 is 0 Å². The monoisotopic (exact) mass is 355 g/mol. The molecule has 0 saturated carbocycles. The summed E-state index contributed by atoms with van der Waals surface area (Å²) in [4.78, 5) is 9.43. The topological polar surface area (TPSA) is 36.7 Å². The lowest BCUT2D eigenvalue weighted by Crippen LogP contribution is -2.46. The highest BCUT2D eigenvalue weighted by Crippen LogP contribution is 2.26. The number of fused-ring (bicyclic) bond motifs is 1. The molecule has 4 rings (SSSR count). The van der Waals surface area contributed by atoms with E-state index in [0.29, 0.717) is 5.15 Å². The van der Waals surface area contributed by atoms with Gasteiger partial charge in [-0.15, -0.1) is 0 Å². The lowest BCUT2D eigenvalue weighted by atomic mass is 10.1. The predicted molar refractivity (Wildman–Crippen MR) is 102 cm³/mol. The molecule has 130 valence electrons. The number of piperazine rings is 1. The van der Waals surface area contributed by atoms with Gasteiger partial charge in [-0.1, -0.05) is 30.7 Å². The lowest BCUT2D eigenvalue weighted by molar-refractivity contribution is 0.258. The maximum absolute atomic E-state index is 6.05. The van der Waals surface area contributed by atoms with E-state index in [2.05, 4.69) is 51.1 Å². The molecule has 0 atom stereocenters. The zero-order chi connectivity index (χ0) is 17.2. The van der Waals surface area contributed by atoms with Crippen molar-refractivity contribution in [2.75, 3.05) is 37.6 Å². The van der Waals surface area contributed by atoms with E-state index in [1.165, 1.54) is 18.7 Å². The SMILES string of the molecule is CCCN1CCN(c2cccc(-c3cnc4ccc(Cl)nn34)c2)CC1. The van der Waals surface area contributed by atoms with Gasteiger partial charge in [0, 0.05) is 37.4 Å². The number of anilines is 1. The Morgan fingerprint density at radius 1 is 1.08 bits per heavy atom. The molecule has 3 aromatic rings.